The molecule has 4 heterocycles. The minimum atomic E-state index is -0.421. The summed E-state index contributed by atoms with van der Waals surface area (Å²) in [6.07, 6.45) is 6.75. The number of carbonyl (C=O) groups excluding carboxylic acids is 2. The highest BCUT2D eigenvalue weighted by molar-refractivity contribution is 6.05. The third-order valence-electron chi connectivity index (χ3n) is 6.89. The molecule has 1 saturated carbocycles. The van der Waals surface area contributed by atoms with E-state index in [1.54, 1.807) is 58.6 Å². The van der Waals surface area contributed by atoms with E-state index < -0.39 is 5.41 Å². The van der Waals surface area contributed by atoms with E-state index in [1.807, 2.05) is 25.3 Å². The van der Waals surface area contributed by atoms with Gasteiger partial charge < -0.3 is 15.4 Å². The van der Waals surface area contributed by atoms with Gasteiger partial charge in [0, 0.05) is 29.8 Å². The summed E-state index contributed by atoms with van der Waals surface area (Å²) in [5.74, 6) is -0.00687. The third kappa shape index (κ3) is 4.00. The lowest BCUT2D eigenvalue weighted by molar-refractivity contribution is 0.101. The first kappa shape index (κ1) is 23.2. The van der Waals surface area contributed by atoms with Crippen molar-refractivity contribution >= 4 is 34.4 Å². The Bertz CT molecular complexity index is 1790. The Morgan fingerprint density at radius 1 is 1.08 bits per heavy atom. The lowest BCUT2D eigenvalue weighted by Gasteiger charge is -2.11. The van der Waals surface area contributed by atoms with Crippen molar-refractivity contribution in [1.82, 2.24) is 19.0 Å². The number of anilines is 2. The van der Waals surface area contributed by atoms with Crippen LogP contribution in [-0.2, 0) is 5.41 Å². The summed E-state index contributed by atoms with van der Waals surface area (Å²) >= 11 is 0. The van der Waals surface area contributed by atoms with E-state index >= 15 is 0 Å². The van der Waals surface area contributed by atoms with Gasteiger partial charge in [0.15, 0.2) is 5.69 Å². The molecule has 0 bridgehead atoms. The molecular formula is C28H23N7O3. The van der Waals surface area contributed by atoms with E-state index in [4.69, 9.17) is 4.74 Å². The van der Waals surface area contributed by atoms with Crippen molar-refractivity contribution in [3.8, 4) is 11.8 Å². The molecule has 2 N–H and O–H groups in total. The summed E-state index contributed by atoms with van der Waals surface area (Å²) < 4.78 is 8.53. The summed E-state index contributed by atoms with van der Waals surface area (Å²) in [6, 6.07) is 16.6. The molecule has 4 aromatic heterocycles. The fourth-order valence-corrected chi connectivity index (χ4v) is 4.49. The summed E-state index contributed by atoms with van der Waals surface area (Å²) in [7, 11) is 1.57. The number of aryl methyl sites for hydroxylation is 1. The Labute approximate surface area is 217 Å². The molecule has 5 aromatic rings. The van der Waals surface area contributed by atoms with Crippen molar-refractivity contribution < 1.29 is 14.3 Å². The summed E-state index contributed by atoms with van der Waals surface area (Å²) in [6.45, 7) is 1.85. The van der Waals surface area contributed by atoms with Crippen molar-refractivity contribution in [2.75, 3.05) is 17.7 Å². The Hall–Kier alpha value is -5.17. The lowest BCUT2D eigenvalue weighted by atomic mass is 10.00. The summed E-state index contributed by atoms with van der Waals surface area (Å²) in [5.41, 5.74) is 4.49. The molecule has 1 aliphatic rings. The monoisotopic (exact) mass is 505 g/mol. The Balaban J connectivity index is 1.16. The maximum absolute atomic E-state index is 12.9. The maximum Gasteiger partial charge on any atom is 0.276 e. The van der Waals surface area contributed by atoms with Crippen molar-refractivity contribution in [1.29, 1.82) is 5.26 Å². The minimum absolute atomic E-state index is 0.267. The number of fused-ring (bicyclic) bond motifs is 2. The smallest absolute Gasteiger partial charge is 0.276 e. The van der Waals surface area contributed by atoms with E-state index in [9.17, 15) is 14.9 Å². The molecule has 0 atom stereocenters. The molecular weight excluding hydrogens is 482 g/mol. The zero-order valence-corrected chi connectivity index (χ0v) is 20.7. The number of aromatic nitrogens is 4. The molecule has 0 spiro atoms. The largest absolute Gasteiger partial charge is 0.497 e. The second kappa shape index (κ2) is 8.74. The molecule has 0 saturated heterocycles. The van der Waals surface area contributed by atoms with E-state index in [0.717, 1.165) is 29.5 Å². The number of amides is 2. The highest BCUT2D eigenvalue weighted by Gasteiger charge is 2.45. The van der Waals surface area contributed by atoms with Crippen LogP contribution in [0.1, 0.15) is 44.9 Å². The number of rotatable bonds is 6. The van der Waals surface area contributed by atoms with Crippen LogP contribution in [-0.4, -0.2) is 37.9 Å². The van der Waals surface area contributed by atoms with Gasteiger partial charge in [-0.15, -0.1) is 0 Å². The average Bonchev–Trinajstić information content (AvgIpc) is 3.42. The van der Waals surface area contributed by atoms with Crippen molar-refractivity contribution in [2.45, 2.75) is 25.2 Å². The zero-order valence-electron chi connectivity index (χ0n) is 20.7. The molecule has 38 heavy (non-hydrogen) atoms. The van der Waals surface area contributed by atoms with Crippen molar-refractivity contribution in [3.63, 3.8) is 0 Å². The number of carbonyl (C=O) groups is 2. The second-order valence-electron chi connectivity index (χ2n) is 9.39. The SMILES string of the molecule is COc1ccn2c(C(=O)Nc3ccc(NC(=O)c4cc5ccc(C6(C#N)CC6)cn5n4)cc3C)cnc2c1. The van der Waals surface area contributed by atoms with Crippen LogP contribution in [0, 0.1) is 18.3 Å². The number of nitriles is 1. The molecule has 188 valence electrons. The number of benzene rings is 1. The molecule has 0 unspecified atom stereocenters. The zero-order chi connectivity index (χ0) is 26.4. The number of pyridine rings is 2. The van der Waals surface area contributed by atoms with Crippen LogP contribution in [0.5, 0.6) is 5.75 Å². The minimum Gasteiger partial charge on any atom is -0.497 e. The number of hydrogen-bond donors (Lipinski definition) is 2. The van der Waals surface area contributed by atoms with Gasteiger partial charge in [0.2, 0.25) is 0 Å². The first-order chi connectivity index (χ1) is 18.4. The standard InChI is InChI=1S/C28H23N7O3/c1-17-11-19(4-6-22(17)32-27(37)24-14-30-25-13-21(38-2)7-10-34(24)25)31-26(36)23-12-20-5-3-18(15-35(20)33-23)28(16-29)8-9-28/h3-7,10-15H,8-9H2,1-2H3,(H,31,36)(H,32,37). The normalized spacial score (nSPS) is 13.7. The predicted octanol–water partition coefficient (Wildman–Crippen LogP) is 4.36. The predicted molar refractivity (Wildman–Crippen MR) is 141 cm³/mol. The van der Waals surface area contributed by atoms with Crippen LogP contribution < -0.4 is 15.4 Å². The van der Waals surface area contributed by atoms with Crippen molar-refractivity contribution in [2.24, 2.45) is 0 Å². The quantitative estimate of drug-likeness (QED) is 0.353. The van der Waals surface area contributed by atoms with E-state index in [2.05, 4.69) is 26.8 Å². The third-order valence-corrected chi connectivity index (χ3v) is 6.89. The van der Waals surface area contributed by atoms with Crippen LogP contribution in [0.4, 0.5) is 11.4 Å². The Morgan fingerprint density at radius 2 is 1.92 bits per heavy atom. The topological polar surface area (TPSA) is 126 Å². The van der Waals surface area contributed by atoms with Crippen LogP contribution in [0.15, 0.2) is 67.1 Å². The molecule has 1 aliphatic carbocycles. The van der Waals surface area contributed by atoms with Crippen LogP contribution in [0.2, 0.25) is 0 Å². The van der Waals surface area contributed by atoms with Gasteiger partial charge in [-0.2, -0.15) is 10.4 Å². The van der Waals surface area contributed by atoms with Gasteiger partial charge in [-0.25, -0.2) is 9.50 Å². The van der Waals surface area contributed by atoms with Gasteiger partial charge in [-0.3, -0.25) is 14.0 Å². The molecule has 0 radical (unpaired) electrons. The van der Waals surface area contributed by atoms with E-state index in [1.165, 1.54) is 6.20 Å². The number of nitrogens with zero attached hydrogens (tertiary/aromatic N) is 5. The lowest BCUT2D eigenvalue weighted by Crippen LogP contribution is -2.16. The molecule has 1 fully saturated rings. The Morgan fingerprint density at radius 3 is 2.66 bits per heavy atom. The molecule has 0 aliphatic heterocycles. The number of imidazole rings is 1. The second-order valence-corrected chi connectivity index (χ2v) is 9.39. The molecule has 1 aromatic carbocycles. The van der Waals surface area contributed by atoms with Gasteiger partial charge in [-0.05, 0) is 67.3 Å². The first-order valence-corrected chi connectivity index (χ1v) is 12.0. The maximum atomic E-state index is 12.9. The fourth-order valence-electron chi connectivity index (χ4n) is 4.49. The van der Waals surface area contributed by atoms with Crippen LogP contribution in [0.25, 0.3) is 11.2 Å². The number of ether oxygens (including phenoxy) is 1. The van der Waals surface area contributed by atoms with Crippen molar-refractivity contribution in [3.05, 3.63) is 89.6 Å². The molecule has 10 nitrogen and oxygen atoms in total. The first-order valence-electron chi connectivity index (χ1n) is 12.0. The number of methoxy groups -OCH3 is 1. The van der Waals surface area contributed by atoms with Gasteiger partial charge in [-0.1, -0.05) is 6.07 Å². The van der Waals surface area contributed by atoms with Gasteiger partial charge in [0.25, 0.3) is 11.8 Å². The molecule has 2 amide bonds. The van der Waals surface area contributed by atoms with Crippen LogP contribution in [0.3, 0.4) is 0 Å². The van der Waals surface area contributed by atoms with Crippen LogP contribution >= 0.6 is 0 Å². The number of hydrogen-bond acceptors (Lipinski definition) is 6. The number of nitrogens with one attached hydrogen (secondary N) is 2. The fraction of sp³-hybridized carbons (Fsp3) is 0.179. The highest BCUT2D eigenvalue weighted by atomic mass is 16.5. The summed E-state index contributed by atoms with van der Waals surface area (Å²) in [5, 5.41) is 19.6. The van der Waals surface area contributed by atoms with E-state index in [0.29, 0.717) is 28.5 Å². The van der Waals surface area contributed by atoms with Gasteiger partial charge in [0.1, 0.15) is 17.1 Å². The van der Waals surface area contributed by atoms with Gasteiger partial charge >= 0.3 is 0 Å². The summed E-state index contributed by atoms with van der Waals surface area (Å²) in [4.78, 5) is 30.1. The highest BCUT2D eigenvalue weighted by Crippen LogP contribution is 2.47. The molecule has 6 rings (SSSR count). The molecule has 10 heteroatoms. The average molecular weight is 506 g/mol. The van der Waals surface area contributed by atoms with E-state index in [-0.39, 0.29) is 17.5 Å². The Kier molecular flexibility index (Phi) is 5.35. The van der Waals surface area contributed by atoms with Gasteiger partial charge in [0.05, 0.1) is 30.3 Å².